The first-order chi connectivity index (χ1) is 8.42. The highest BCUT2D eigenvalue weighted by Gasteiger charge is 2.37. The monoisotopic (exact) mass is 255 g/mol. The van der Waals surface area contributed by atoms with Crippen LogP contribution in [0.15, 0.2) is 17.9 Å². The summed E-state index contributed by atoms with van der Waals surface area (Å²) in [6.07, 6.45) is 4.01. The van der Waals surface area contributed by atoms with Gasteiger partial charge in [-0.25, -0.2) is 4.79 Å². The Bertz CT molecular complexity index is 339. The van der Waals surface area contributed by atoms with E-state index in [-0.39, 0.29) is 12.4 Å². The molecule has 1 aliphatic heterocycles. The van der Waals surface area contributed by atoms with Crippen LogP contribution in [0.2, 0.25) is 0 Å². The molecule has 1 amide bonds. The zero-order valence-electron chi connectivity index (χ0n) is 11.4. The maximum absolute atomic E-state index is 11.3. The van der Waals surface area contributed by atoms with E-state index in [1.165, 1.54) is 0 Å². The molecule has 0 bridgehead atoms. The van der Waals surface area contributed by atoms with Crippen LogP contribution in [0.1, 0.15) is 27.2 Å². The second-order valence-corrected chi connectivity index (χ2v) is 4.97. The number of epoxide rings is 1. The summed E-state index contributed by atoms with van der Waals surface area (Å²) < 4.78 is 15.2. The van der Waals surface area contributed by atoms with E-state index < -0.39 is 11.7 Å². The summed E-state index contributed by atoms with van der Waals surface area (Å²) in [5.74, 6) is 0. The molecule has 1 rings (SSSR count). The molecule has 1 fully saturated rings. The Hall–Kier alpha value is -1.29. The van der Waals surface area contributed by atoms with Crippen LogP contribution < -0.4 is 5.32 Å². The second-order valence-electron chi connectivity index (χ2n) is 4.97. The van der Waals surface area contributed by atoms with Crippen molar-refractivity contribution in [1.29, 1.82) is 0 Å². The van der Waals surface area contributed by atoms with Gasteiger partial charge in [0.15, 0.2) is 6.29 Å². The quantitative estimate of drug-likeness (QED) is 0.603. The van der Waals surface area contributed by atoms with E-state index in [2.05, 4.69) is 11.0 Å². The fraction of sp³-hybridized carbons (Fsp3) is 0.692. The fourth-order valence-corrected chi connectivity index (χ4v) is 1.28. The Kier molecular flexibility index (Phi) is 5.41. The number of amides is 1. The number of nitrogens with one attached hydrogen (secondary N) is 1. The zero-order chi connectivity index (χ0) is 13.6. The van der Waals surface area contributed by atoms with Gasteiger partial charge in [-0.2, -0.15) is 0 Å². The largest absolute Gasteiger partial charge is 0.444 e. The second kappa shape index (κ2) is 6.59. The summed E-state index contributed by atoms with van der Waals surface area (Å²) >= 11 is 0. The number of carbonyl (C=O) groups is 1. The van der Waals surface area contributed by atoms with Crippen molar-refractivity contribution in [1.82, 2.24) is 5.32 Å². The number of hydrogen-bond donors (Lipinski definition) is 1. The summed E-state index contributed by atoms with van der Waals surface area (Å²) in [5, 5.41) is 2.61. The summed E-state index contributed by atoms with van der Waals surface area (Å²) in [4.78, 5) is 11.3. The molecule has 0 radical (unpaired) electrons. The topological polar surface area (TPSA) is 60.1 Å². The van der Waals surface area contributed by atoms with Gasteiger partial charge in [-0.15, -0.1) is 5.73 Å². The fourth-order valence-electron chi connectivity index (χ4n) is 1.28. The van der Waals surface area contributed by atoms with Crippen LogP contribution in [-0.4, -0.2) is 37.7 Å². The van der Waals surface area contributed by atoms with Gasteiger partial charge in [0, 0.05) is 20.1 Å². The maximum Gasteiger partial charge on any atom is 0.407 e. The molecule has 0 aromatic carbocycles. The summed E-state index contributed by atoms with van der Waals surface area (Å²) in [6.45, 7) is 5.86. The molecule has 2 atom stereocenters. The van der Waals surface area contributed by atoms with Crippen molar-refractivity contribution in [2.24, 2.45) is 0 Å². The predicted molar refractivity (Wildman–Crippen MR) is 67.2 cm³/mol. The highest BCUT2D eigenvalue weighted by atomic mass is 16.8. The van der Waals surface area contributed by atoms with Gasteiger partial charge in [0.05, 0.1) is 0 Å². The third-order valence-electron chi connectivity index (χ3n) is 2.10. The standard InChI is InChI=1S/C13H21NO4/c1-13(2,3)18-12(15)14-9-7-5-6-8-10-11(16-4)17-10/h6-7,10-11H,8-9H2,1-4H3,(H,14,15). The van der Waals surface area contributed by atoms with E-state index in [1.807, 2.05) is 26.8 Å². The van der Waals surface area contributed by atoms with Crippen molar-refractivity contribution in [3.63, 3.8) is 0 Å². The summed E-state index contributed by atoms with van der Waals surface area (Å²) in [7, 11) is 1.62. The normalized spacial score (nSPS) is 21.8. The van der Waals surface area contributed by atoms with Gasteiger partial charge < -0.3 is 19.5 Å². The van der Waals surface area contributed by atoms with Crippen LogP contribution >= 0.6 is 0 Å². The van der Waals surface area contributed by atoms with E-state index in [9.17, 15) is 4.79 Å². The van der Waals surface area contributed by atoms with Crippen molar-refractivity contribution in [2.75, 3.05) is 13.7 Å². The summed E-state index contributed by atoms with van der Waals surface area (Å²) in [5.41, 5.74) is 2.49. The Labute approximate surface area is 108 Å². The lowest BCUT2D eigenvalue weighted by Crippen LogP contribution is -2.32. The van der Waals surface area contributed by atoms with E-state index in [1.54, 1.807) is 13.2 Å². The molecule has 0 aromatic rings. The first kappa shape index (κ1) is 14.8. The Morgan fingerprint density at radius 1 is 1.44 bits per heavy atom. The molecule has 2 unspecified atom stereocenters. The molecule has 1 aliphatic rings. The molecule has 1 N–H and O–H groups in total. The highest BCUT2D eigenvalue weighted by Crippen LogP contribution is 2.25. The zero-order valence-corrected chi connectivity index (χ0v) is 11.4. The van der Waals surface area contributed by atoms with Crippen LogP contribution in [-0.2, 0) is 14.2 Å². The summed E-state index contributed by atoms with van der Waals surface area (Å²) in [6, 6.07) is 0. The minimum absolute atomic E-state index is 0.0667. The molecule has 1 heterocycles. The molecule has 5 nitrogen and oxygen atoms in total. The molecule has 0 aromatic heterocycles. The molecule has 0 spiro atoms. The van der Waals surface area contributed by atoms with Crippen molar-refractivity contribution in [3.05, 3.63) is 17.9 Å². The number of methoxy groups -OCH3 is 1. The van der Waals surface area contributed by atoms with Crippen LogP contribution in [0.5, 0.6) is 0 Å². The van der Waals surface area contributed by atoms with Gasteiger partial charge in [-0.1, -0.05) is 0 Å². The smallest absolute Gasteiger partial charge is 0.407 e. The van der Waals surface area contributed by atoms with Crippen molar-refractivity contribution >= 4 is 6.09 Å². The first-order valence-electron chi connectivity index (χ1n) is 5.97. The molecular formula is C13H21NO4. The molecule has 18 heavy (non-hydrogen) atoms. The van der Waals surface area contributed by atoms with Gasteiger partial charge in [0.2, 0.25) is 0 Å². The highest BCUT2D eigenvalue weighted by molar-refractivity contribution is 5.67. The number of carbonyl (C=O) groups excluding carboxylic acids is 1. The van der Waals surface area contributed by atoms with Crippen LogP contribution in [0, 0.1) is 0 Å². The average Bonchev–Trinajstić information content (AvgIpc) is 2.99. The first-order valence-corrected chi connectivity index (χ1v) is 5.97. The van der Waals surface area contributed by atoms with Gasteiger partial charge in [0.1, 0.15) is 11.7 Å². The molecule has 102 valence electrons. The Balaban J connectivity index is 2.10. The van der Waals surface area contributed by atoms with Gasteiger partial charge in [0.25, 0.3) is 0 Å². The van der Waals surface area contributed by atoms with Gasteiger partial charge >= 0.3 is 6.09 Å². The van der Waals surface area contributed by atoms with Crippen LogP contribution in [0.3, 0.4) is 0 Å². The Morgan fingerprint density at radius 3 is 2.72 bits per heavy atom. The lowest BCUT2D eigenvalue weighted by molar-refractivity contribution is 0.0534. The molecule has 1 saturated heterocycles. The molecule has 0 saturated carbocycles. The average molecular weight is 255 g/mol. The SMILES string of the molecule is COC1OC1CC=C=CCNC(=O)OC(C)(C)C. The van der Waals surface area contributed by atoms with E-state index in [0.29, 0.717) is 6.54 Å². The third kappa shape index (κ3) is 6.45. The Morgan fingerprint density at radius 2 is 2.17 bits per heavy atom. The third-order valence-corrected chi connectivity index (χ3v) is 2.10. The molecule has 5 heteroatoms. The van der Waals surface area contributed by atoms with Gasteiger partial charge in [-0.05, 0) is 32.9 Å². The van der Waals surface area contributed by atoms with Crippen molar-refractivity contribution in [2.45, 2.75) is 45.2 Å². The lowest BCUT2D eigenvalue weighted by atomic mass is 10.2. The number of ether oxygens (including phenoxy) is 3. The molecular weight excluding hydrogens is 234 g/mol. The van der Waals surface area contributed by atoms with E-state index in [4.69, 9.17) is 14.2 Å². The predicted octanol–water partition coefficient (Wildman–Crippen LogP) is 1.98. The van der Waals surface area contributed by atoms with Crippen LogP contribution in [0.4, 0.5) is 4.79 Å². The van der Waals surface area contributed by atoms with Crippen LogP contribution in [0.25, 0.3) is 0 Å². The number of rotatable bonds is 5. The van der Waals surface area contributed by atoms with E-state index in [0.717, 1.165) is 6.42 Å². The number of hydrogen-bond acceptors (Lipinski definition) is 4. The minimum atomic E-state index is -0.470. The van der Waals surface area contributed by atoms with Crippen molar-refractivity contribution < 1.29 is 19.0 Å². The number of alkyl carbamates (subject to hydrolysis) is 1. The lowest BCUT2D eigenvalue weighted by Gasteiger charge is -2.19. The molecule has 0 aliphatic carbocycles. The maximum atomic E-state index is 11.3. The van der Waals surface area contributed by atoms with E-state index >= 15 is 0 Å². The minimum Gasteiger partial charge on any atom is -0.444 e. The van der Waals surface area contributed by atoms with Crippen molar-refractivity contribution in [3.8, 4) is 0 Å². The van der Waals surface area contributed by atoms with Gasteiger partial charge in [-0.3, -0.25) is 0 Å².